The zero-order valence-corrected chi connectivity index (χ0v) is 9.36. The van der Waals surface area contributed by atoms with Gasteiger partial charge in [-0.25, -0.2) is 23.5 Å². The van der Waals surface area contributed by atoms with Crippen molar-refractivity contribution < 1.29 is 12.8 Å². The number of hydrogen-bond donors (Lipinski definition) is 1. The molecule has 0 radical (unpaired) electrons. The molecule has 0 fully saturated rings. The van der Waals surface area contributed by atoms with Gasteiger partial charge in [-0.2, -0.15) is 4.39 Å². The first-order valence-corrected chi connectivity index (χ1v) is 6.14. The summed E-state index contributed by atoms with van der Waals surface area (Å²) in [4.78, 5) is 7.00. The van der Waals surface area contributed by atoms with E-state index in [2.05, 4.69) is 9.97 Å². The Morgan fingerprint density at radius 3 is 2.41 bits per heavy atom. The molecule has 1 heterocycles. The van der Waals surface area contributed by atoms with E-state index in [1.165, 1.54) is 0 Å². The van der Waals surface area contributed by atoms with Crippen molar-refractivity contribution in [2.75, 3.05) is 0 Å². The molecule has 0 aliphatic heterocycles. The lowest BCUT2D eigenvalue weighted by molar-refractivity contribution is 0.566. The normalized spacial score (nSPS) is 11.4. The second-order valence-corrected chi connectivity index (χ2v) is 4.73. The number of halogens is 1. The number of sulfonamides is 1. The summed E-state index contributed by atoms with van der Waals surface area (Å²) in [6, 6.07) is 8.28. The summed E-state index contributed by atoms with van der Waals surface area (Å²) in [6.45, 7) is 0. The second kappa shape index (κ2) is 4.19. The van der Waals surface area contributed by atoms with Crippen molar-refractivity contribution in [1.82, 2.24) is 9.97 Å². The predicted octanol–water partition coefficient (Wildman–Crippen LogP) is 0.930. The summed E-state index contributed by atoms with van der Waals surface area (Å²) in [5.74, 6) is -0.865. The quantitative estimate of drug-likeness (QED) is 0.862. The average Bonchev–Trinajstić information content (AvgIpc) is 2.28. The van der Waals surface area contributed by atoms with Crippen LogP contribution < -0.4 is 5.14 Å². The van der Waals surface area contributed by atoms with Gasteiger partial charge in [0.15, 0.2) is 5.03 Å². The summed E-state index contributed by atoms with van der Waals surface area (Å²) >= 11 is 0. The topological polar surface area (TPSA) is 85.9 Å². The minimum atomic E-state index is -4.04. The van der Waals surface area contributed by atoms with E-state index in [9.17, 15) is 12.8 Å². The van der Waals surface area contributed by atoms with Crippen molar-refractivity contribution in [2.24, 2.45) is 5.14 Å². The van der Waals surface area contributed by atoms with E-state index in [4.69, 9.17) is 5.14 Å². The Bertz CT molecular complexity index is 644. The summed E-state index contributed by atoms with van der Waals surface area (Å²) in [6.07, 6.45) is 0.714. The van der Waals surface area contributed by atoms with E-state index >= 15 is 0 Å². The highest BCUT2D eigenvalue weighted by Gasteiger charge is 2.19. The maximum Gasteiger partial charge on any atom is 0.257 e. The van der Waals surface area contributed by atoms with Crippen LogP contribution in [0.25, 0.3) is 11.3 Å². The zero-order valence-electron chi connectivity index (χ0n) is 8.54. The first kappa shape index (κ1) is 11.6. The van der Waals surface area contributed by atoms with E-state index < -0.39 is 21.0 Å². The SMILES string of the molecule is NS(=O)(=O)c1ncc(F)nc1-c1ccccc1. The van der Waals surface area contributed by atoms with Gasteiger partial charge in [-0.05, 0) is 0 Å². The highest BCUT2D eigenvalue weighted by Crippen LogP contribution is 2.22. The Hall–Kier alpha value is -1.86. The maximum atomic E-state index is 13.0. The molecule has 0 unspecified atom stereocenters. The molecule has 1 aromatic carbocycles. The largest absolute Gasteiger partial charge is 0.257 e. The van der Waals surface area contributed by atoms with Crippen LogP contribution in [-0.2, 0) is 10.0 Å². The third-order valence-electron chi connectivity index (χ3n) is 2.03. The van der Waals surface area contributed by atoms with Gasteiger partial charge in [0.25, 0.3) is 10.0 Å². The summed E-state index contributed by atoms with van der Waals surface area (Å²) < 4.78 is 35.6. The molecule has 5 nitrogen and oxygen atoms in total. The average molecular weight is 253 g/mol. The van der Waals surface area contributed by atoms with Crippen LogP contribution in [0.2, 0.25) is 0 Å². The second-order valence-electron chi connectivity index (χ2n) is 3.26. The van der Waals surface area contributed by atoms with Gasteiger partial charge in [-0.3, -0.25) is 0 Å². The smallest absolute Gasteiger partial charge is 0.237 e. The van der Waals surface area contributed by atoms with Gasteiger partial charge in [0.05, 0.1) is 6.20 Å². The molecule has 0 saturated carbocycles. The first-order chi connectivity index (χ1) is 7.98. The van der Waals surface area contributed by atoms with Crippen LogP contribution in [0.5, 0.6) is 0 Å². The van der Waals surface area contributed by atoms with E-state index in [0.29, 0.717) is 11.8 Å². The van der Waals surface area contributed by atoms with Gasteiger partial charge in [0.2, 0.25) is 5.95 Å². The number of nitrogens with two attached hydrogens (primary N) is 1. The van der Waals surface area contributed by atoms with Crippen molar-refractivity contribution in [2.45, 2.75) is 5.03 Å². The molecule has 2 N–H and O–H groups in total. The standard InChI is InChI=1S/C10H8FN3O2S/c11-8-6-13-10(17(12,15)16)9(14-8)7-4-2-1-3-5-7/h1-6H,(H2,12,15,16). The molecule has 88 valence electrons. The monoisotopic (exact) mass is 253 g/mol. The van der Waals surface area contributed by atoms with E-state index in [0.717, 1.165) is 0 Å². The maximum absolute atomic E-state index is 13.0. The molecule has 1 aromatic heterocycles. The Balaban J connectivity index is 2.72. The van der Waals surface area contributed by atoms with Gasteiger partial charge in [0, 0.05) is 5.56 Å². The molecule has 7 heteroatoms. The van der Waals surface area contributed by atoms with Crippen LogP contribution in [-0.4, -0.2) is 18.4 Å². The van der Waals surface area contributed by atoms with Crippen molar-refractivity contribution >= 4 is 10.0 Å². The summed E-state index contributed by atoms with van der Waals surface area (Å²) in [7, 11) is -4.04. The lowest BCUT2D eigenvalue weighted by Crippen LogP contribution is -2.16. The molecule has 17 heavy (non-hydrogen) atoms. The highest BCUT2D eigenvalue weighted by atomic mass is 32.2. The molecule has 2 rings (SSSR count). The third kappa shape index (κ3) is 2.45. The fourth-order valence-corrected chi connectivity index (χ4v) is 1.98. The van der Waals surface area contributed by atoms with Gasteiger partial charge in [0.1, 0.15) is 5.69 Å². The molecule has 2 aromatic rings. The third-order valence-corrected chi connectivity index (χ3v) is 2.86. The molecule has 0 saturated heterocycles. The highest BCUT2D eigenvalue weighted by molar-refractivity contribution is 7.89. The predicted molar refractivity (Wildman–Crippen MR) is 58.8 cm³/mol. The molecule has 0 aliphatic carbocycles. The van der Waals surface area contributed by atoms with Crippen molar-refractivity contribution in [3.8, 4) is 11.3 Å². The van der Waals surface area contributed by atoms with Gasteiger partial charge >= 0.3 is 0 Å². The van der Waals surface area contributed by atoms with Crippen LogP contribution in [0.4, 0.5) is 4.39 Å². The minimum Gasteiger partial charge on any atom is -0.237 e. The van der Waals surface area contributed by atoms with Crippen molar-refractivity contribution in [3.63, 3.8) is 0 Å². The van der Waals surface area contributed by atoms with Crippen LogP contribution in [0.3, 0.4) is 0 Å². The number of primary sulfonamides is 1. The van der Waals surface area contributed by atoms with E-state index in [-0.39, 0.29) is 5.69 Å². The molecule has 0 atom stereocenters. The van der Waals surface area contributed by atoms with Crippen LogP contribution in [0.15, 0.2) is 41.6 Å². The van der Waals surface area contributed by atoms with Crippen LogP contribution in [0, 0.1) is 5.95 Å². The first-order valence-electron chi connectivity index (χ1n) is 4.59. The van der Waals surface area contributed by atoms with Crippen LogP contribution in [0.1, 0.15) is 0 Å². The molecule has 0 amide bonds. The minimum absolute atomic E-state index is 0.0897. The number of nitrogens with zero attached hydrogens (tertiary/aromatic N) is 2. The lowest BCUT2D eigenvalue weighted by atomic mass is 10.2. The van der Waals surface area contributed by atoms with Gasteiger partial charge in [-0.15, -0.1) is 0 Å². The fraction of sp³-hybridized carbons (Fsp3) is 0. The summed E-state index contributed by atoms with van der Waals surface area (Å²) in [5.41, 5.74) is 0.344. The molecular formula is C10H8FN3O2S. The number of benzene rings is 1. The van der Waals surface area contributed by atoms with E-state index in [1.54, 1.807) is 30.3 Å². The number of rotatable bonds is 2. The lowest BCUT2D eigenvalue weighted by Gasteiger charge is -2.05. The summed E-state index contributed by atoms with van der Waals surface area (Å²) in [5, 5.41) is 4.55. The van der Waals surface area contributed by atoms with Gasteiger partial charge < -0.3 is 0 Å². The number of hydrogen-bond acceptors (Lipinski definition) is 4. The fourth-order valence-electron chi connectivity index (χ4n) is 1.35. The van der Waals surface area contributed by atoms with Gasteiger partial charge in [-0.1, -0.05) is 30.3 Å². The Labute approximate surface area is 97.2 Å². The zero-order chi connectivity index (χ0) is 12.5. The van der Waals surface area contributed by atoms with Crippen molar-refractivity contribution in [3.05, 3.63) is 42.5 Å². The number of aromatic nitrogens is 2. The van der Waals surface area contributed by atoms with E-state index in [1.807, 2.05) is 0 Å². The molecule has 0 aliphatic rings. The Morgan fingerprint density at radius 1 is 1.18 bits per heavy atom. The van der Waals surface area contributed by atoms with Crippen LogP contribution >= 0.6 is 0 Å². The Morgan fingerprint density at radius 2 is 1.82 bits per heavy atom. The van der Waals surface area contributed by atoms with Crippen molar-refractivity contribution in [1.29, 1.82) is 0 Å². The molecular weight excluding hydrogens is 245 g/mol. The Kier molecular flexibility index (Phi) is 2.86. The molecule has 0 spiro atoms. The molecule has 0 bridgehead atoms.